The number of ether oxygens (including phenoxy) is 1. The number of carbonyl (C=O) groups excluding carboxylic acids is 2. The molecule has 0 radical (unpaired) electrons. The van der Waals surface area contributed by atoms with Gasteiger partial charge in [-0.05, 0) is 43.9 Å². The van der Waals surface area contributed by atoms with Gasteiger partial charge in [0.2, 0.25) is 5.91 Å². The maximum atomic E-state index is 13.5. The van der Waals surface area contributed by atoms with E-state index in [9.17, 15) is 9.59 Å². The number of carbonyl (C=O) groups is 2. The zero-order chi connectivity index (χ0) is 21.7. The van der Waals surface area contributed by atoms with E-state index in [1.54, 1.807) is 0 Å². The second kappa shape index (κ2) is 9.72. The lowest BCUT2D eigenvalue weighted by atomic mass is 9.90. The number of anilines is 1. The number of hydrogen-bond donors (Lipinski definition) is 1. The van der Waals surface area contributed by atoms with Gasteiger partial charge in [-0.1, -0.05) is 67.6 Å². The molecule has 0 saturated carbocycles. The molecule has 1 amide bonds. The third kappa shape index (κ3) is 4.79. The van der Waals surface area contributed by atoms with Crippen LogP contribution in [0.3, 0.4) is 0 Å². The van der Waals surface area contributed by atoms with Gasteiger partial charge in [-0.2, -0.15) is 0 Å². The first-order chi connectivity index (χ1) is 14.4. The van der Waals surface area contributed by atoms with Crippen LogP contribution in [-0.2, 0) is 16.0 Å². The molecule has 3 rings (SSSR count). The number of hydrogen-bond acceptors (Lipinski definition) is 4. The number of thiophene rings is 1. The van der Waals surface area contributed by atoms with E-state index in [1.807, 2.05) is 88.4 Å². The summed E-state index contributed by atoms with van der Waals surface area (Å²) in [4.78, 5) is 27.3. The van der Waals surface area contributed by atoms with E-state index in [0.29, 0.717) is 17.0 Å². The molecule has 0 fully saturated rings. The molecule has 156 valence electrons. The minimum absolute atomic E-state index is 0.171. The van der Waals surface area contributed by atoms with Crippen LogP contribution in [0.2, 0.25) is 0 Å². The normalized spacial score (nSPS) is 11.0. The predicted molar refractivity (Wildman–Crippen MR) is 122 cm³/mol. The second-order valence-electron chi connectivity index (χ2n) is 7.39. The lowest BCUT2D eigenvalue weighted by Crippen LogP contribution is -2.23. The first-order valence-electron chi connectivity index (χ1n) is 10.2. The van der Waals surface area contributed by atoms with Crippen molar-refractivity contribution in [2.24, 2.45) is 0 Å². The third-order valence-electron chi connectivity index (χ3n) is 4.87. The smallest absolute Gasteiger partial charge is 0.341 e. The van der Waals surface area contributed by atoms with Crippen molar-refractivity contribution in [1.29, 1.82) is 0 Å². The summed E-state index contributed by atoms with van der Waals surface area (Å²) in [6, 6.07) is 19.3. The van der Waals surface area contributed by atoms with Crippen molar-refractivity contribution in [2.45, 2.75) is 46.1 Å². The van der Waals surface area contributed by atoms with Gasteiger partial charge in [0.1, 0.15) is 5.00 Å². The van der Waals surface area contributed by atoms with Crippen LogP contribution in [0.1, 0.15) is 58.6 Å². The quantitative estimate of drug-likeness (QED) is 0.479. The Balaban J connectivity index is 2.00. The highest BCUT2D eigenvalue weighted by Crippen LogP contribution is 2.36. The molecule has 0 saturated heterocycles. The van der Waals surface area contributed by atoms with E-state index in [1.165, 1.54) is 11.3 Å². The Hall–Kier alpha value is -2.92. The molecular formula is C25H27NO3S. The fourth-order valence-corrected chi connectivity index (χ4v) is 4.69. The van der Waals surface area contributed by atoms with Gasteiger partial charge in [0, 0.05) is 4.88 Å². The van der Waals surface area contributed by atoms with Gasteiger partial charge < -0.3 is 10.1 Å². The van der Waals surface area contributed by atoms with E-state index in [-0.39, 0.29) is 12.0 Å². The first kappa shape index (κ1) is 21.8. The zero-order valence-corrected chi connectivity index (χ0v) is 18.6. The Labute approximate surface area is 181 Å². The summed E-state index contributed by atoms with van der Waals surface area (Å²) in [5, 5.41) is 3.59. The van der Waals surface area contributed by atoms with Crippen molar-refractivity contribution in [3.8, 4) is 0 Å². The second-order valence-corrected chi connectivity index (χ2v) is 8.62. The maximum absolute atomic E-state index is 13.5. The average Bonchev–Trinajstić information content (AvgIpc) is 3.04. The molecule has 1 aromatic heterocycles. The fraction of sp³-hybridized carbons (Fsp3) is 0.280. The summed E-state index contributed by atoms with van der Waals surface area (Å²) in [6.07, 6.45) is 0.467. The van der Waals surface area contributed by atoms with Crippen LogP contribution in [0.4, 0.5) is 5.00 Å². The Morgan fingerprint density at radius 3 is 1.97 bits per heavy atom. The molecular weight excluding hydrogens is 394 g/mol. The van der Waals surface area contributed by atoms with Gasteiger partial charge in [-0.3, -0.25) is 4.79 Å². The number of rotatable bonds is 7. The molecule has 0 unspecified atom stereocenters. The summed E-state index contributed by atoms with van der Waals surface area (Å²) in [7, 11) is 0. The molecule has 1 heterocycles. The van der Waals surface area contributed by atoms with Crippen molar-refractivity contribution in [2.75, 3.05) is 5.32 Å². The largest absolute Gasteiger partial charge is 0.459 e. The molecule has 0 aliphatic carbocycles. The van der Waals surface area contributed by atoms with Crippen LogP contribution >= 0.6 is 11.3 Å². The van der Waals surface area contributed by atoms with Crippen LogP contribution in [0, 0.1) is 6.92 Å². The highest BCUT2D eigenvalue weighted by Gasteiger charge is 2.28. The molecule has 0 bridgehead atoms. The maximum Gasteiger partial charge on any atom is 0.341 e. The van der Waals surface area contributed by atoms with Crippen LogP contribution in [0.5, 0.6) is 0 Å². The topological polar surface area (TPSA) is 55.4 Å². The van der Waals surface area contributed by atoms with E-state index >= 15 is 0 Å². The minimum atomic E-state index is -0.478. The van der Waals surface area contributed by atoms with Crippen LogP contribution in [0.25, 0.3) is 0 Å². The van der Waals surface area contributed by atoms with Gasteiger partial charge in [-0.25, -0.2) is 4.79 Å². The highest BCUT2D eigenvalue weighted by molar-refractivity contribution is 7.16. The summed E-state index contributed by atoms with van der Waals surface area (Å²) in [6.45, 7) is 7.62. The number of esters is 1. The van der Waals surface area contributed by atoms with Gasteiger partial charge >= 0.3 is 5.97 Å². The summed E-state index contributed by atoms with van der Waals surface area (Å²) in [5.41, 5.74) is 3.20. The van der Waals surface area contributed by atoms with Crippen LogP contribution in [-0.4, -0.2) is 18.0 Å². The van der Waals surface area contributed by atoms with Crippen molar-refractivity contribution in [1.82, 2.24) is 0 Å². The van der Waals surface area contributed by atoms with E-state index in [2.05, 4.69) is 5.32 Å². The fourth-order valence-electron chi connectivity index (χ4n) is 3.55. The monoisotopic (exact) mass is 421 g/mol. The van der Waals surface area contributed by atoms with E-state index < -0.39 is 11.9 Å². The molecule has 1 N–H and O–H groups in total. The van der Waals surface area contributed by atoms with E-state index in [4.69, 9.17) is 4.74 Å². The lowest BCUT2D eigenvalue weighted by Gasteiger charge is -2.18. The molecule has 0 atom stereocenters. The zero-order valence-electron chi connectivity index (χ0n) is 17.8. The first-order valence-corrected chi connectivity index (χ1v) is 11.0. The Bertz CT molecular complexity index is 970. The van der Waals surface area contributed by atoms with Crippen molar-refractivity contribution >= 4 is 28.2 Å². The van der Waals surface area contributed by atoms with Gasteiger partial charge in [0.15, 0.2) is 0 Å². The highest BCUT2D eigenvalue weighted by atomic mass is 32.1. The molecule has 0 spiro atoms. The Morgan fingerprint density at radius 2 is 1.50 bits per heavy atom. The Kier molecular flexibility index (Phi) is 7.06. The van der Waals surface area contributed by atoms with Gasteiger partial charge in [-0.15, -0.1) is 11.3 Å². The summed E-state index contributed by atoms with van der Waals surface area (Å²) >= 11 is 1.42. The number of aryl methyl sites for hydroxylation is 1. The van der Waals surface area contributed by atoms with Crippen molar-refractivity contribution < 1.29 is 14.3 Å². The lowest BCUT2D eigenvalue weighted by molar-refractivity contribution is -0.116. The molecule has 5 heteroatoms. The number of nitrogens with one attached hydrogen (secondary N) is 1. The van der Waals surface area contributed by atoms with Crippen molar-refractivity contribution in [3.63, 3.8) is 0 Å². The number of benzene rings is 2. The van der Waals surface area contributed by atoms with Crippen LogP contribution < -0.4 is 5.32 Å². The SMILES string of the molecule is CCc1c(C)sc(NC(=O)C(c2ccccc2)c2ccccc2)c1C(=O)OC(C)C. The molecule has 4 nitrogen and oxygen atoms in total. The molecule has 0 aliphatic heterocycles. The molecule has 2 aromatic carbocycles. The summed E-state index contributed by atoms with van der Waals surface area (Å²) in [5.74, 6) is -1.04. The molecule has 0 aliphatic rings. The summed E-state index contributed by atoms with van der Waals surface area (Å²) < 4.78 is 5.46. The van der Waals surface area contributed by atoms with Crippen LogP contribution in [0.15, 0.2) is 60.7 Å². The predicted octanol–water partition coefficient (Wildman–Crippen LogP) is 5.95. The Morgan fingerprint density at radius 1 is 0.967 bits per heavy atom. The van der Waals surface area contributed by atoms with Gasteiger partial charge in [0.05, 0.1) is 17.6 Å². The number of amides is 1. The third-order valence-corrected chi connectivity index (χ3v) is 5.94. The molecule has 30 heavy (non-hydrogen) atoms. The van der Waals surface area contributed by atoms with Gasteiger partial charge in [0.25, 0.3) is 0 Å². The standard InChI is InChI=1S/C25H27NO3S/c1-5-20-17(4)30-24(22(20)25(28)29-16(2)3)26-23(27)21(18-12-8-6-9-13-18)19-14-10-7-11-15-19/h6-16,21H,5H2,1-4H3,(H,26,27). The van der Waals surface area contributed by atoms with E-state index in [0.717, 1.165) is 21.6 Å². The van der Waals surface area contributed by atoms with Crippen molar-refractivity contribution in [3.05, 3.63) is 87.8 Å². The molecule has 3 aromatic rings. The average molecular weight is 422 g/mol. The minimum Gasteiger partial charge on any atom is -0.459 e.